The van der Waals surface area contributed by atoms with Crippen molar-refractivity contribution < 1.29 is 22.4 Å². The van der Waals surface area contributed by atoms with E-state index in [1.54, 1.807) is 48.7 Å². The number of pyridine rings is 1. The Morgan fingerprint density at radius 1 is 1.14 bits per heavy atom. The van der Waals surface area contributed by atoms with Gasteiger partial charge in [-0.3, -0.25) is 9.78 Å². The van der Waals surface area contributed by atoms with Crippen LogP contribution in [0.2, 0.25) is 0 Å². The van der Waals surface area contributed by atoms with E-state index in [1.165, 1.54) is 26.4 Å². The van der Waals surface area contributed by atoms with E-state index in [0.717, 1.165) is 4.31 Å². The van der Waals surface area contributed by atoms with Crippen molar-refractivity contribution in [2.24, 2.45) is 0 Å². The summed E-state index contributed by atoms with van der Waals surface area (Å²) in [5, 5.41) is 2.63. The lowest BCUT2D eigenvalue weighted by molar-refractivity contribution is 0.102. The van der Waals surface area contributed by atoms with Crippen LogP contribution < -0.4 is 10.1 Å². The molecule has 0 saturated heterocycles. The number of carbonyl (C=O) groups is 1. The van der Waals surface area contributed by atoms with Crippen LogP contribution in [0.4, 0.5) is 5.69 Å². The summed E-state index contributed by atoms with van der Waals surface area (Å²) in [7, 11) is -0.746. The molecule has 28 heavy (non-hydrogen) atoms. The molecule has 9 heteroatoms. The third kappa shape index (κ3) is 4.56. The first-order valence-corrected chi connectivity index (χ1v) is 9.76. The molecule has 0 aliphatic rings. The summed E-state index contributed by atoms with van der Waals surface area (Å²) in [5.74, 6) is 0.675. The Bertz CT molecular complexity index is 1040. The molecule has 0 atom stereocenters. The maximum absolute atomic E-state index is 12.1. The molecule has 0 bridgehead atoms. The standard InChI is InChI=1S/C19H19N3O5S/c1-22(2)28(24,25)18-10-9-17(27-18)13-26-16-7-5-15(6-8-16)21-19(23)14-4-3-11-20-12-14/h3-12H,13H2,1-2H3,(H,21,23). The van der Waals surface area contributed by atoms with E-state index < -0.39 is 10.0 Å². The van der Waals surface area contributed by atoms with Crippen molar-refractivity contribution in [1.82, 2.24) is 9.29 Å². The van der Waals surface area contributed by atoms with Gasteiger partial charge in [0.1, 0.15) is 18.1 Å². The molecule has 1 amide bonds. The fraction of sp³-hybridized carbons (Fsp3) is 0.158. The summed E-state index contributed by atoms with van der Waals surface area (Å²) in [4.78, 5) is 16.0. The Balaban J connectivity index is 1.58. The third-order valence-electron chi connectivity index (χ3n) is 3.79. The van der Waals surface area contributed by atoms with E-state index in [9.17, 15) is 13.2 Å². The zero-order chi connectivity index (χ0) is 20.1. The minimum atomic E-state index is -3.61. The van der Waals surface area contributed by atoms with E-state index in [-0.39, 0.29) is 17.6 Å². The first kappa shape index (κ1) is 19.6. The number of aromatic nitrogens is 1. The molecule has 0 spiro atoms. The summed E-state index contributed by atoms with van der Waals surface area (Å²) in [6.07, 6.45) is 3.09. The van der Waals surface area contributed by atoms with Gasteiger partial charge in [-0.25, -0.2) is 12.7 Å². The molecule has 1 N–H and O–H groups in total. The molecule has 8 nitrogen and oxygen atoms in total. The molecular formula is C19H19N3O5S. The fourth-order valence-corrected chi connectivity index (χ4v) is 3.06. The number of anilines is 1. The molecule has 0 aliphatic heterocycles. The Labute approximate surface area is 162 Å². The number of amides is 1. The number of hydrogen-bond donors (Lipinski definition) is 1. The predicted molar refractivity (Wildman–Crippen MR) is 103 cm³/mol. The number of nitrogens with zero attached hydrogens (tertiary/aromatic N) is 2. The minimum Gasteiger partial charge on any atom is -0.486 e. The maximum Gasteiger partial charge on any atom is 0.275 e. The van der Waals surface area contributed by atoms with Gasteiger partial charge in [-0.05, 0) is 48.5 Å². The second-order valence-electron chi connectivity index (χ2n) is 6.02. The molecule has 0 radical (unpaired) electrons. The average Bonchev–Trinajstić information content (AvgIpc) is 3.18. The van der Waals surface area contributed by atoms with Gasteiger partial charge < -0.3 is 14.5 Å². The largest absolute Gasteiger partial charge is 0.486 e. The summed E-state index contributed by atoms with van der Waals surface area (Å²) in [6, 6.07) is 13.1. The first-order valence-electron chi connectivity index (χ1n) is 8.32. The van der Waals surface area contributed by atoms with Crippen LogP contribution in [0.1, 0.15) is 16.1 Å². The normalized spacial score (nSPS) is 11.4. The van der Waals surface area contributed by atoms with Gasteiger partial charge in [0.05, 0.1) is 5.56 Å². The molecule has 2 aromatic heterocycles. The Hall–Kier alpha value is -3.17. The van der Waals surface area contributed by atoms with Gasteiger partial charge in [0.15, 0.2) is 0 Å². The summed E-state index contributed by atoms with van der Waals surface area (Å²) < 4.78 is 36.0. The van der Waals surface area contributed by atoms with Crippen molar-refractivity contribution >= 4 is 21.6 Å². The highest BCUT2D eigenvalue weighted by atomic mass is 32.2. The van der Waals surface area contributed by atoms with Gasteiger partial charge >= 0.3 is 0 Å². The highest BCUT2D eigenvalue weighted by Gasteiger charge is 2.21. The summed E-state index contributed by atoms with van der Waals surface area (Å²) in [6.45, 7) is 0.0737. The van der Waals surface area contributed by atoms with Crippen LogP contribution in [-0.2, 0) is 16.6 Å². The second kappa shape index (κ2) is 8.24. The van der Waals surface area contributed by atoms with Crippen LogP contribution >= 0.6 is 0 Å². The predicted octanol–water partition coefficient (Wildman–Crippen LogP) is 2.76. The smallest absolute Gasteiger partial charge is 0.275 e. The summed E-state index contributed by atoms with van der Waals surface area (Å²) >= 11 is 0. The van der Waals surface area contributed by atoms with Crippen molar-refractivity contribution in [1.29, 1.82) is 0 Å². The molecule has 146 valence electrons. The van der Waals surface area contributed by atoms with Gasteiger partial charge in [-0.2, -0.15) is 0 Å². The molecule has 0 unspecified atom stereocenters. The quantitative estimate of drug-likeness (QED) is 0.653. The lowest BCUT2D eigenvalue weighted by atomic mass is 10.2. The topological polar surface area (TPSA) is 102 Å². The number of sulfonamides is 1. The lowest BCUT2D eigenvalue weighted by Gasteiger charge is -2.08. The van der Waals surface area contributed by atoms with Crippen LogP contribution in [0, 0.1) is 0 Å². The molecule has 0 saturated carbocycles. The number of hydrogen-bond acceptors (Lipinski definition) is 6. The van der Waals surface area contributed by atoms with Crippen LogP contribution in [-0.4, -0.2) is 37.7 Å². The molecular weight excluding hydrogens is 382 g/mol. The van der Waals surface area contributed by atoms with Crippen molar-refractivity contribution in [2.75, 3.05) is 19.4 Å². The van der Waals surface area contributed by atoms with Crippen molar-refractivity contribution in [3.05, 3.63) is 72.2 Å². The van der Waals surface area contributed by atoms with E-state index in [2.05, 4.69) is 10.3 Å². The van der Waals surface area contributed by atoms with Gasteiger partial charge in [-0.15, -0.1) is 0 Å². The van der Waals surface area contributed by atoms with Gasteiger partial charge in [0.25, 0.3) is 15.9 Å². The number of carbonyl (C=O) groups excluding carboxylic acids is 1. The zero-order valence-corrected chi connectivity index (χ0v) is 16.1. The molecule has 3 aromatic rings. The molecule has 3 rings (SSSR count). The molecule has 1 aromatic carbocycles. The number of ether oxygens (including phenoxy) is 1. The van der Waals surface area contributed by atoms with Crippen LogP contribution in [0.15, 0.2) is 70.4 Å². The van der Waals surface area contributed by atoms with Crippen molar-refractivity contribution in [2.45, 2.75) is 11.7 Å². The lowest BCUT2D eigenvalue weighted by Crippen LogP contribution is -2.21. The number of benzene rings is 1. The number of furan rings is 1. The monoisotopic (exact) mass is 401 g/mol. The second-order valence-corrected chi connectivity index (χ2v) is 8.10. The Morgan fingerprint density at radius 3 is 2.54 bits per heavy atom. The average molecular weight is 401 g/mol. The van der Waals surface area contributed by atoms with Crippen LogP contribution in [0.3, 0.4) is 0 Å². The Kier molecular flexibility index (Phi) is 5.76. The van der Waals surface area contributed by atoms with Crippen molar-refractivity contribution in [3.63, 3.8) is 0 Å². The van der Waals surface area contributed by atoms with Crippen LogP contribution in [0.5, 0.6) is 5.75 Å². The molecule has 0 aliphatic carbocycles. The SMILES string of the molecule is CN(C)S(=O)(=O)c1ccc(COc2ccc(NC(=O)c3cccnc3)cc2)o1. The highest BCUT2D eigenvalue weighted by Crippen LogP contribution is 2.20. The fourth-order valence-electron chi connectivity index (χ4n) is 2.24. The number of nitrogens with one attached hydrogen (secondary N) is 1. The highest BCUT2D eigenvalue weighted by molar-refractivity contribution is 7.88. The van der Waals surface area contributed by atoms with Gasteiger partial charge in [0.2, 0.25) is 5.09 Å². The Morgan fingerprint density at radius 2 is 1.89 bits per heavy atom. The van der Waals surface area contributed by atoms with E-state index in [1.807, 2.05) is 0 Å². The first-order chi connectivity index (χ1) is 13.4. The van der Waals surface area contributed by atoms with E-state index in [4.69, 9.17) is 9.15 Å². The number of rotatable bonds is 7. The van der Waals surface area contributed by atoms with Crippen molar-refractivity contribution in [3.8, 4) is 5.75 Å². The maximum atomic E-state index is 12.1. The zero-order valence-electron chi connectivity index (χ0n) is 15.3. The molecule has 0 fully saturated rings. The summed E-state index contributed by atoms with van der Waals surface area (Å²) in [5.41, 5.74) is 1.07. The minimum absolute atomic E-state index is 0.0737. The van der Waals surface area contributed by atoms with Crippen LogP contribution in [0.25, 0.3) is 0 Å². The van der Waals surface area contributed by atoms with E-state index in [0.29, 0.717) is 22.8 Å². The van der Waals surface area contributed by atoms with Gasteiger partial charge in [0, 0.05) is 32.2 Å². The van der Waals surface area contributed by atoms with Gasteiger partial charge in [-0.1, -0.05) is 0 Å². The van der Waals surface area contributed by atoms with E-state index >= 15 is 0 Å². The third-order valence-corrected chi connectivity index (χ3v) is 5.48. The molecule has 2 heterocycles.